The number of phenolic OH excluding ortho intramolecular Hbond substituents is 1. The summed E-state index contributed by atoms with van der Waals surface area (Å²) in [6.45, 7) is 0. The van der Waals surface area contributed by atoms with Gasteiger partial charge in [-0.3, -0.25) is 9.36 Å². The van der Waals surface area contributed by atoms with Gasteiger partial charge in [0.15, 0.2) is 17.3 Å². The number of methoxy groups -OCH3 is 1. The van der Waals surface area contributed by atoms with E-state index >= 15 is 0 Å². The van der Waals surface area contributed by atoms with Gasteiger partial charge >= 0.3 is 0 Å². The van der Waals surface area contributed by atoms with E-state index in [0.29, 0.717) is 16.6 Å². The smallest absolute Gasteiger partial charge is 0.235 e. The van der Waals surface area contributed by atoms with Crippen LogP contribution in [0.25, 0.3) is 5.69 Å². The van der Waals surface area contributed by atoms with Gasteiger partial charge in [-0.25, -0.2) is 4.98 Å². The molecule has 8 heteroatoms. The van der Waals surface area contributed by atoms with Crippen LogP contribution in [0.2, 0.25) is 5.02 Å². The number of amides is 1. The molecule has 0 radical (unpaired) electrons. The van der Waals surface area contributed by atoms with Crippen molar-refractivity contribution in [1.82, 2.24) is 9.55 Å². The fourth-order valence-corrected chi connectivity index (χ4v) is 4.28. The highest BCUT2D eigenvalue weighted by atomic mass is 35.5. The second-order valence-corrected chi connectivity index (χ2v) is 7.53. The number of imidazole rings is 1. The third-order valence-electron chi connectivity index (χ3n) is 4.30. The standard InChI is InChI=1S/C19H16ClN3O3S/c1-26-15-7-2-11(8-14(15)24)18-17-19(22-16(25)9-27-18)21-10-23(17)13-5-3-12(20)4-6-13/h2-8,10,18,24H,9H2,1H3,(H,22,25)/t18-/m1/s1. The molecule has 0 bridgehead atoms. The van der Waals surface area contributed by atoms with Gasteiger partial charge in [0.1, 0.15) is 6.33 Å². The predicted molar refractivity (Wildman–Crippen MR) is 106 cm³/mol. The Balaban J connectivity index is 1.85. The molecule has 0 aliphatic carbocycles. The molecule has 1 aliphatic heterocycles. The molecule has 4 rings (SSSR count). The molecule has 2 N–H and O–H groups in total. The van der Waals surface area contributed by atoms with Crippen molar-refractivity contribution in [3.05, 3.63) is 65.1 Å². The van der Waals surface area contributed by atoms with Gasteiger partial charge in [-0.2, -0.15) is 0 Å². The fourth-order valence-electron chi connectivity index (χ4n) is 3.04. The van der Waals surface area contributed by atoms with Gasteiger partial charge in [0.2, 0.25) is 5.91 Å². The number of aromatic hydroxyl groups is 1. The van der Waals surface area contributed by atoms with E-state index in [4.69, 9.17) is 16.3 Å². The van der Waals surface area contributed by atoms with Gasteiger partial charge in [0, 0.05) is 10.7 Å². The van der Waals surface area contributed by atoms with E-state index in [1.807, 2.05) is 22.8 Å². The lowest BCUT2D eigenvalue weighted by Crippen LogP contribution is -2.12. The molecule has 2 aromatic carbocycles. The van der Waals surface area contributed by atoms with Crippen LogP contribution in [-0.2, 0) is 4.79 Å². The highest BCUT2D eigenvalue weighted by Crippen LogP contribution is 2.43. The molecule has 0 saturated carbocycles. The summed E-state index contributed by atoms with van der Waals surface area (Å²) in [5, 5.41) is 13.5. The van der Waals surface area contributed by atoms with Gasteiger partial charge in [-0.05, 0) is 42.0 Å². The lowest BCUT2D eigenvalue weighted by Gasteiger charge is -2.19. The quantitative estimate of drug-likeness (QED) is 0.693. The average molecular weight is 402 g/mol. The SMILES string of the molecule is COc1ccc([C@H]2SCC(=O)Nc3ncn(-c4ccc(Cl)cc4)c32)cc1O. The number of aromatic nitrogens is 2. The molecule has 2 heterocycles. The zero-order chi connectivity index (χ0) is 19.0. The number of carbonyl (C=O) groups excluding carboxylic acids is 1. The first kappa shape index (κ1) is 17.8. The molecule has 0 saturated heterocycles. The summed E-state index contributed by atoms with van der Waals surface area (Å²) >= 11 is 7.48. The molecule has 0 spiro atoms. The maximum atomic E-state index is 12.1. The van der Waals surface area contributed by atoms with E-state index in [1.165, 1.54) is 18.9 Å². The van der Waals surface area contributed by atoms with Crippen molar-refractivity contribution >= 4 is 35.1 Å². The zero-order valence-corrected chi connectivity index (χ0v) is 15.9. The van der Waals surface area contributed by atoms with Crippen molar-refractivity contribution in [1.29, 1.82) is 0 Å². The van der Waals surface area contributed by atoms with E-state index in [0.717, 1.165) is 16.9 Å². The summed E-state index contributed by atoms with van der Waals surface area (Å²) in [5.74, 6) is 1.15. The lowest BCUT2D eigenvalue weighted by molar-refractivity contribution is -0.113. The molecule has 1 amide bonds. The summed E-state index contributed by atoms with van der Waals surface area (Å²) in [6.07, 6.45) is 1.68. The number of hydrogen-bond acceptors (Lipinski definition) is 5. The number of benzene rings is 2. The van der Waals surface area contributed by atoms with Crippen molar-refractivity contribution in [2.75, 3.05) is 18.2 Å². The van der Waals surface area contributed by atoms with E-state index in [2.05, 4.69) is 10.3 Å². The summed E-state index contributed by atoms with van der Waals surface area (Å²) in [6, 6.07) is 12.7. The van der Waals surface area contributed by atoms with Gasteiger partial charge < -0.3 is 15.2 Å². The minimum atomic E-state index is -0.200. The summed E-state index contributed by atoms with van der Waals surface area (Å²) < 4.78 is 7.06. The minimum absolute atomic E-state index is 0.0539. The molecule has 1 aromatic heterocycles. The van der Waals surface area contributed by atoms with Crippen LogP contribution in [0.15, 0.2) is 48.8 Å². The molecule has 27 heavy (non-hydrogen) atoms. The van der Waals surface area contributed by atoms with Crippen LogP contribution in [-0.4, -0.2) is 33.4 Å². The number of nitrogens with zero attached hydrogens (tertiary/aromatic N) is 2. The van der Waals surface area contributed by atoms with Gasteiger partial charge in [-0.15, -0.1) is 11.8 Å². The Morgan fingerprint density at radius 2 is 2.07 bits per heavy atom. The Morgan fingerprint density at radius 3 is 2.78 bits per heavy atom. The number of thioether (sulfide) groups is 1. The average Bonchev–Trinajstić information content (AvgIpc) is 2.98. The Kier molecular flexibility index (Phi) is 4.72. The van der Waals surface area contributed by atoms with E-state index in [9.17, 15) is 9.90 Å². The molecule has 1 atom stereocenters. The van der Waals surface area contributed by atoms with Crippen molar-refractivity contribution in [3.8, 4) is 17.2 Å². The third-order valence-corrected chi connectivity index (χ3v) is 5.81. The van der Waals surface area contributed by atoms with Crippen LogP contribution >= 0.6 is 23.4 Å². The number of phenols is 1. The van der Waals surface area contributed by atoms with E-state index in [1.54, 1.807) is 30.6 Å². The van der Waals surface area contributed by atoms with E-state index in [-0.39, 0.29) is 22.7 Å². The largest absolute Gasteiger partial charge is 0.504 e. The van der Waals surface area contributed by atoms with Crippen molar-refractivity contribution in [2.45, 2.75) is 5.25 Å². The molecular formula is C19H16ClN3O3S. The Labute approximate surface area is 165 Å². The van der Waals surface area contributed by atoms with Crippen LogP contribution in [0.4, 0.5) is 5.82 Å². The maximum Gasteiger partial charge on any atom is 0.235 e. The van der Waals surface area contributed by atoms with Crippen LogP contribution in [0.3, 0.4) is 0 Å². The van der Waals surface area contributed by atoms with E-state index < -0.39 is 0 Å². The highest BCUT2D eigenvalue weighted by Gasteiger charge is 2.29. The number of halogens is 1. The second-order valence-electron chi connectivity index (χ2n) is 6.00. The topological polar surface area (TPSA) is 76.4 Å². The lowest BCUT2D eigenvalue weighted by atomic mass is 10.1. The number of ether oxygens (including phenoxy) is 1. The molecule has 1 aliphatic rings. The molecule has 6 nitrogen and oxygen atoms in total. The van der Waals surface area contributed by atoms with Crippen LogP contribution in [0, 0.1) is 0 Å². The van der Waals surface area contributed by atoms with Crippen LogP contribution in [0.1, 0.15) is 16.5 Å². The van der Waals surface area contributed by atoms with Gasteiger partial charge in [0.05, 0.1) is 23.8 Å². The van der Waals surface area contributed by atoms with Gasteiger partial charge in [0.25, 0.3) is 0 Å². The predicted octanol–water partition coefficient (Wildman–Crippen LogP) is 4.01. The van der Waals surface area contributed by atoms with Gasteiger partial charge in [-0.1, -0.05) is 17.7 Å². The Morgan fingerprint density at radius 1 is 1.30 bits per heavy atom. The minimum Gasteiger partial charge on any atom is -0.504 e. The fraction of sp³-hybridized carbons (Fsp3) is 0.158. The molecule has 0 unspecified atom stereocenters. The molecule has 138 valence electrons. The number of hydrogen-bond donors (Lipinski definition) is 2. The number of rotatable bonds is 3. The monoisotopic (exact) mass is 401 g/mol. The Bertz CT molecular complexity index is 1000. The number of nitrogens with one attached hydrogen (secondary N) is 1. The second kappa shape index (κ2) is 7.17. The normalized spacial score (nSPS) is 16.4. The third kappa shape index (κ3) is 3.36. The number of fused-ring (bicyclic) bond motifs is 1. The number of carbonyl (C=O) groups is 1. The first-order valence-electron chi connectivity index (χ1n) is 8.18. The summed E-state index contributed by atoms with van der Waals surface area (Å²) in [4.78, 5) is 16.5. The first-order valence-corrected chi connectivity index (χ1v) is 9.61. The molecular weight excluding hydrogens is 386 g/mol. The number of anilines is 1. The maximum absolute atomic E-state index is 12.1. The summed E-state index contributed by atoms with van der Waals surface area (Å²) in [5.41, 5.74) is 2.57. The molecule has 0 fully saturated rings. The highest BCUT2D eigenvalue weighted by molar-refractivity contribution is 8.00. The first-order chi connectivity index (χ1) is 13.1. The van der Waals surface area contributed by atoms with Crippen LogP contribution < -0.4 is 10.1 Å². The van der Waals surface area contributed by atoms with Crippen molar-refractivity contribution < 1.29 is 14.6 Å². The molecule has 3 aromatic rings. The Hall–Kier alpha value is -2.64. The van der Waals surface area contributed by atoms with Crippen molar-refractivity contribution in [2.24, 2.45) is 0 Å². The van der Waals surface area contributed by atoms with Crippen LogP contribution in [0.5, 0.6) is 11.5 Å². The summed E-state index contributed by atoms with van der Waals surface area (Å²) in [7, 11) is 1.51. The van der Waals surface area contributed by atoms with Crippen molar-refractivity contribution in [3.63, 3.8) is 0 Å². The zero-order valence-electron chi connectivity index (χ0n) is 14.3.